The van der Waals surface area contributed by atoms with Crippen molar-refractivity contribution < 1.29 is 9.59 Å². The molecule has 5 rings (SSSR count). The van der Waals surface area contributed by atoms with E-state index >= 15 is 0 Å². The van der Waals surface area contributed by atoms with Crippen LogP contribution in [0, 0.1) is 12.8 Å². The smallest absolute Gasteiger partial charge is 0.222 e. The maximum absolute atomic E-state index is 12.6. The molecule has 3 saturated heterocycles. The van der Waals surface area contributed by atoms with E-state index in [1.165, 1.54) is 29.7 Å². The Labute approximate surface area is 149 Å². The summed E-state index contributed by atoms with van der Waals surface area (Å²) in [5, 5.41) is 0. The number of benzene rings is 1. The highest BCUT2D eigenvalue weighted by Gasteiger charge is 2.54. The highest BCUT2D eigenvalue weighted by atomic mass is 16.2. The summed E-state index contributed by atoms with van der Waals surface area (Å²) in [6.07, 6.45) is 5.28. The van der Waals surface area contributed by atoms with Gasteiger partial charge in [-0.2, -0.15) is 0 Å². The van der Waals surface area contributed by atoms with Crippen LogP contribution in [0.25, 0.3) is 0 Å². The first-order valence-corrected chi connectivity index (χ1v) is 9.78. The maximum atomic E-state index is 12.6. The van der Waals surface area contributed by atoms with Gasteiger partial charge in [0.05, 0.1) is 0 Å². The van der Waals surface area contributed by atoms with Crippen LogP contribution in [0.15, 0.2) is 12.1 Å². The standard InChI is InChI=1S/C21H26N2O2/c1-12-9-15(13(2)24)10-17-19(12)20-16-6-3-7-18(25)23(16)11-14-5-4-8-22(17)21(14)20/h9-10,14,16,20-21H,3-8,11H2,1-2H3/t14-,16-,20+,21+/m1/s1. The number of anilines is 1. The maximum Gasteiger partial charge on any atom is 0.222 e. The number of amides is 1. The minimum absolute atomic E-state index is 0.142. The zero-order chi connectivity index (χ0) is 17.3. The number of piperidine rings is 3. The molecular formula is C21H26N2O2. The Balaban J connectivity index is 1.68. The molecule has 0 unspecified atom stereocenters. The van der Waals surface area contributed by atoms with Crippen molar-refractivity contribution in [2.24, 2.45) is 5.92 Å². The molecular weight excluding hydrogens is 312 g/mol. The van der Waals surface area contributed by atoms with Gasteiger partial charge in [-0.05, 0) is 68.7 Å². The Hall–Kier alpha value is -1.84. The molecule has 132 valence electrons. The van der Waals surface area contributed by atoms with Crippen molar-refractivity contribution in [3.63, 3.8) is 0 Å². The lowest BCUT2D eigenvalue weighted by atomic mass is 9.71. The third-order valence-corrected chi connectivity index (χ3v) is 7.06. The molecule has 4 atom stereocenters. The lowest BCUT2D eigenvalue weighted by molar-refractivity contribution is -0.140. The molecule has 25 heavy (non-hydrogen) atoms. The molecule has 4 aliphatic rings. The van der Waals surface area contributed by atoms with E-state index in [4.69, 9.17) is 0 Å². The molecule has 1 aromatic rings. The summed E-state index contributed by atoms with van der Waals surface area (Å²) in [4.78, 5) is 29.4. The second kappa shape index (κ2) is 5.33. The summed E-state index contributed by atoms with van der Waals surface area (Å²) in [6, 6.07) is 5.07. The van der Waals surface area contributed by atoms with Crippen LogP contribution in [0.2, 0.25) is 0 Å². The summed E-state index contributed by atoms with van der Waals surface area (Å²) in [5.74, 6) is 1.51. The monoisotopic (exact) mass is 338 g/mol. The van der Waals surface area contributed by atoms with Crippen LogP contribution in [0.1, 0.15) is 66.4 Å². The number of hydrogen-bond donors (Lipinski definition) is 0. The van der Waals surface area contributed by atoms with E-state index in [1.807, 2.05) is 0 Å². The molecule has 0 spiro atoms. The van der Waals surface area contributed by atoms with Gasteiger partial charge in [0.25, 0.3) is 0 Å². The van der Waals surface area contributed by atoms with E-state index in [0.29, 0.717) is 29.8 Å². The van der Waals surface area contributed by atoms with Crippen LogP contribution >= 0.6 is 0 Å². The van der Waals surface area contributed by atoms with Gasteiger partial charge in [-0.15, -0.1) is 0 Å². The van der Waals surface area contributed by atoms with E-state index in [2.05, 4.69) is 28.9 Å². The van der Waals surface area contributed by atoms with Gasteiger partial charge in [-0.1, -0.05) is 0 Å². The van der Waals surface area contributed by atoms with E-state index < -0.39 is 0 Å². The van der Waals surface area contributed by atoms with Crippen LogP contribution in [0.3, 0.4) is 0 Å². The van der Waals surface area contributed by atoms with Crippen molar-refractivity contribution in [2.45, 2.75) is 64.0 Å². The molecule has 1 aromatic carbocycles. The van der Waals surface area contributed by atoms with Gasteiger partial charge in [-0.25, -0.2) is 0 Å². The molecule has 4 heterocycles. The molecule has 4 nitrogen and oxygen atoms in total. The van der Waals surface area contributed by atoms with E-state index in [-0.39, 0.29) is 5.78 Å². The lowest BCUT2D eigenvalue weighted by Crippen LogP contribution is -2.61. The SMILES string of the molecule is CC(=O)c1cc(C)c2c(c1)N1CCC[C@@H]3CN4C(=O)CCC[C@@H]4[C@@H]2[C@H]31. The highest BCUT2D eigenvalue weighted by Crippen LogP contribution is 2.54. The largest absolute Gasteiger partial charge is 0.367 e. The van der Waals surface area contributed by atoms with Crippen LogP contribution < -0.4 is 4.90 Å². The second-order valence-electron chi connectivity index (χ2n) is 8.40. The Morgan fingerprint density at radius 2 is 2.00 bits per heavy atom. The van der Waals surface area contributed by atoms with Gasteiger partial charge in [0.1, 0.15) is 0 Å². The van der Waals surface area contributed by atoms with Gasteiger partial charge < -0.3 is 9.80 Å². The van der Waals surface area contributed by atoms with Crippen LogP contribution in [0.4, 0.5) is 5.69 Å². The summed E-state index contributed by atoms with van der Waals surface area (Å²) in [5.41, 5.74) is 4.77. The Kier molecular flexibility index (Phi) is 3.28. The van der Waals surface area contributed by atoms with Gasteiger partial charge >= 0.3 is 0 Å². The fraction of sp³-hybridized carbons (Fsp3) is 0.619. The number of carbonyl (C=O) groups is 2. The third-order valence-electron chi connectivity index (χ3n) is 7.06. The number of fused-ring (bicyclic) bond motifs is 5. The minimum atomic E-state index is 0.142. The topological polar surface area (TPSA) is 40.6 Å². The Bertz CT molecular complexity index is 771. The Morgan fingerprint density at radius 1 is 1.16 bits per heavy atom. The average molecular weight is 338 g/mol. The van der Waals surface area contributed by atoms with E-state index in [9.17, 15) is 9.59 Å². The zero-order valence-corrected chi connectivity index (χ0v) is 15.1. The molecule has 0 saturated carbocycles. The van der Waals surface area contributed by atoms with Crippen molar-refractivity contribution >= 4 is 17.4 Å². The van der Waals surface area contributed by atoms with Crippen molar-refractivity contribution in [3.05, 3.63) is 28.8 Å². The number of nitrogens with zero attached hydrogens (tertiary/aromatic N) is 2. The second-order valence-corrected chi connectivity index (χ2v) is 8.40. The highest BCUT2D eigenvalue weighted by molar-refractivity contribution is 5.96. The first-order chi connectivity index (χ1) is 12.1. The molecule has 0 N–H and O–H groups in total. The predicted molar refractivity (Wildman–Crippen MR) is 97.1 cm³/mol. The number of carbonyl (C=O) groups excluding carboxylic acids is 2. The molecule has 4 heteroatoms. The summed E-state index contributed by atoms with van der Waals surface area (Å²) in [6.45, 7) is 5.84. The number of Topliss-reactive ketones (excluding diaryl/α,β-unsaturated/α-hetero) is 1. The summed E-state index contributed by atoms with van der Waals surface area (Å²) >= 11 is 0. The van der Waals surface area contributed by atoms with Crippen molar-refractivity contribution in [1.82, 2.24) is 4.90 Å². The normalized spacial score (nSPS) is 33.0. The average Bonchev–Trinajstić information content (AvgIpc) is 2.93. The fourth-order valence-electron chi connectivity index (χ4n) is 6.12. The minimum Gasteiger partial charge on any atom is -0.367 e. The molecule has 1 amide bonds. The molecule has 0 aliphatic carbocycles. The van der Waals surface area contributed by atoms with Gasteiger partial charge in [0.15, 0.2) is 5.78 Å². The van der Waals surface area contributed by atoms with Crippen molar-refractivity contribution in [2.75, 3.05) is 18.0 Å². The third kappa shape index (κ3) is 2.06. The molecule has 3 fully saturated rings. The fourth-order valence-corrected chi connectivity index (χ4v) is 6.12. The Morgan fingerprint density at radius 3 is 2.80 bits per heavy atom. The van der Waals surface area contributed by atoms with E-state index in [1.54, 1.807) is 6.92 Å². The van der Waals surface area contributed by atoms with Crippen LogP contribution in [-0.2, 0) is 4.79 Å². The first-order valence-electron chi connectivity index (χ1n) is 9.78. The lowest BCUT2D eigenvalue weighted by Gasteiger charge is -2.53. The van der Waals surface area contributed by atoms with E-state index in [0.717, 1.165) is 37.9 Å². The van der Waals surface area contributed by atoms with Crippen molar-refractivity contribution in [3.8, 4) is 0 Å². The number of aryl methyl sites for hydroxylation is 1. The molecule has 0 bridgehead atoms. The van der Waals surface area contributed by atoms with Crippen LogP contribution in [-0.4, -0.2) is 41.8 Å². The van der Waals surface area contributed by atoms with Gasteiger partial charge in [0, 0.05) is 48.8 Å². The van der Waals surface area contributed by atoms with Gasteiger partial charge in [-0.3, -0.25) is 9.59 Å². The first kappa shape index (κ1) is 15.4. The summed E-state index contributed by atoms with van der Waals surface area (Å²) < 4.78 is 0. The van der Waals surface area contributed by atoms with Crippen LogP contribution in [0.5, 0.6) is 0 Å². The summed E-state index contributed by atoms with van der Waals surface area (Å²) in [7, 11) is 0. The number of hydrogen-bond acceptors (Lipinski definition) is 3. The van der Waals surface area contributed by atoms with Crippen molar-refractivity contribution in [1.29, 1.82) is 0 Å². The molecule has 0 radical (unpaired) electrons. The number of ketones is 1. The predicted octanol–water partition coefficient (Wildman–Crippen LogP) is 3.27. The van der Waals surface area contributed by atoms with Gasteiger partial charge in [0.2, 0.25) is 5.91 Å². The molecule has 0 aromatic heterocycles. The quantitative estimate of drug-likeness (QED) is 0.738. The number of rotatable bonds is 1. The zero-order valence-electron chi connectivity index (χ0n) is 15.1. The molecule has 4 aliphatic heterocycles.